The highest BCUT2D eigenvalue weighted by molar-refractivity contribution is 6.30. The van der Waals surface area contributed by atoms with E-state index in [-0.39, 0.29) is 17.2 Å². The molecule has 0 saturated heterocycles. The van der Waals surface area contributed by atoms with Gasteiger partial charge in [0.2, 0.25) is 0 Å². The summed E-state index contributed by atoms with van der Waals surface area (Å²) < 4.78 is 5.80. The average Bonchev–Trinajstić information content (AvgIpc) is 3.09. The fourth-order valence-electron chi connectivity index (χ4n) is 4.19. The summed E-state index contributed by atoms with van der Waals surface area (Å²) in [6.45, 7) is 4.23. The lowest BCUT2D eigenvalue weighted by atomic mass is 9.73. The highest BCUT2D eigenvalue weighted by atomic mass is 35.5. The fourth-order valence-corrected chi connectivity index (χ4v) is 4.32. The van der Waals surface area contributed by atoms with Crippen LogP contribution in [0.5, 0.6) is 0 Å². The third-order valence-corrected chi connectivity index (χ3v) is 5.75. The first-order valence-corrected chi connectivity index (χ1v) is 10.3. The van der Waals surface area contributed by atoms with Crippen molar-refractivity contribution in [1.29, 1.82) is 0 Å². The average molecular weight is 422 g/mol. The summed E-state index contributed by atoms with van der Waals surface area (Å²) in [4.78, 5) is 20.9. The number of Topliss-reactive ketones (excluding diaryl/α,β-unsaturated/α-hetero) is 1. The lowest BCUT2D eigenvalue weighted by Gasteiger charge is -2.34. The Balaban J connectivity index is 1.54. The third kappa shape index (κ3) is 3.48. The van der Waals surface area contributed by atoms with Crippen LogP contribution < -0.4 is 15.6 Å². The second-order valence-electron chi connectivity index (χ2n) is 8.57. The van der Waals surface area contributed by atoms with Gasteiger partial charge in [-0.05, 0) is 35.2 Å². The van der Waals surface area contributed by atoms with E-state index in [2.05, 4.69) is 34.5 Å². The zero-order valence-electron chi connectivity index (χ0n) is 16.8. The van der Waals surface area contributed by atoms with E-state index in [1.807, 2.05) is 48.5 Å². The van der Waals surface area contributed by atoms with Crippen LogP contribution in [0, 0.1) is 5.41 Å². The molecule has 0 spiro atoms. The number of carbonyl (C=O) groups excluding carboxylic acids is 1. The monoisotopic (exact) mass is 421 g/mol. The molecule has 5 rings (SSSR count). The Kier molecular flexibility index (Phi) is 4.40. The van der Waals surface area contributed by atoms with E-state index in [4.69, 9.17) is 16.0 Å². The number of hydrogen-bond donors (Lipinski definition) is 3. The molecule has 0 unspecified atom stereocenters. The van der Waals surface area contributed by atoms with Gasteiger partial charge in [0, 0.05) is 17.9 Å². The lowest BCUT2D eigenvalue weighted by Crippen LogP contribution is -2.82. The maximum absolute atomic E-state index is 13.1. The number of benzene rings is 2. The zero-order valence-corrected chi connectivity index (χ0v) is 17.5. The van der Waals surface area contributed by atoms with Crippen molar-refractivity contribution < 1.29 is 14.2 Å². The predicted octanol–water partition coefficient (Wildman–Crippen LogP) is 3.32. The number of hydrogen-bond acceptors (Lipinski definition) is 5. The second-order valence-corrected chi connectivity index (χ2v) is 9.01. The van der Waals surface area contributed by atoms with Crippen LogP contribution in [-0.4, -0.2) is 16.7 Å². The minimum atomic E-state index is -0.283. The highest BCUT2D eigenvalue weighted by Gasteiger charge is 2.42. The van der Waals surface area contributed by atoms with Gasteiger partial charge in [-0.25, -0.2) is 5.32 Å². The van der Waals surface area contributed by atoms with Crippen molar-refractivity contribution in [3.63, 3.8) is 0 Å². The number of ketones is 1. The smallest absolute Gasteiger partial charge is 0.365 e. The van der Waals surface area contributed by atoms with Crippen LogP contribution in [0.2, 0.25) is 5.02 Å². The van der Waals surface area contributed by atoms with E-state index >= 15 is 0 Å². The number of rotatable bonds is 2. The minimum absolute atomic E-state index is 0.104. The molecule has 0 bridgehead atoms. The molecule has 0 radical (unpaired) electrons. The molecule has 3 aromatic rings. The molecule has 1 aromatic heterocycles. The molecule has 2 heterocycles. The minimum Gasteiger partial charge on any atom is -0.412 e. The largest absolute Gasteiger partial charge is 0.412 e. The number of allylic oxidation sites excluding steroid dienone is 1. The summed E-state index contributed by atoms with van der Waals surface area (Å²) in [5.41, 5.74) is 4.05. The summed E-state index contributed by atoms with van der Waals surface area (Å²) in [7, 11) is 0. The van der Waals surface area contributed by atoms with E-state index in [1.54, 1.807) is 0 Å². The zero-order chi connectivity index (χ0) is 20.9. The maximum atomic E-state index is 13.1. The summed E-state index contributed by atoms with van der Waals surface area (Å²) in [5, 5.41) is 7.23. The maximum Gasteiger partial charge on any atom is 0.365 e. The summed E-state index contributed by atoms with van der Waals surface area (Å²) in [6, 6.07) is 15.3. The molecule has 30 heavy (non-hydrogen) atoms. The topological polar surface area (TPSA) is 81.1 Å². The number of oxazole rings is 1. The van der Waals surface area contributed by atoms with Crippen LogP contribution in [-0.2, 0) is 4.79 Å². The van der Waals surface area contributed by atoms with Gasteiger partial charge in [-0.15, -0.1) is 0 Å². The molecule has 2 aromatic carbocycles. The number of fused-ring (bicyclic) bond motifs is 1. The number of nitrogens with one attached hydrogen (secondary N) is 3. The first kappa shape index (κ1) is 18.9. The van der Waals surface area contributed by atoms with Crippen molar-refractivity contribution in [2.24, 2.45) is 5.41 Å². The molecule has 152 valence electrons. The van der Waals surface area contributed by atoms with Crippen molar-refractivity contribution in [1.82, 2.24) is 10.3 Å². The van der Waals surface area contributed by atoms with Gasteiger partial charge in [-0.3, -0.25) is 9.79 Å². The Morgan fingerprint density at radius 2 is 1.93 bits per heavy atom. The number of nitrogens with zero attached hydrogens (tertiary/aromatic N) is 1. The highest BCUT2D eigenvalue weighted by Crippen LogP contribution is 2.39. The van der Waals surface area contributed by atoms with Gasteiger partial charge in [0.05, 0.1) is 11.3 Å². The summed E-state index contributed by atoms with van der Waals surface area (Å²) in [5.74, 6) is 0.785. The Morgan fingerprint density at radius 3 is 2.70 bits per heavy atom. The molecular weight excluding hydrogens is 400 g/mol. The van der Waals surface area contributed by atoms with Crippen molar-refractivity contribution in [2.45, 2.75) is 32.7 Å². The first-order valence-electron chi connectivity index (χ1n) is 9.93. The van der Waals surface area contributed by atoms with E-state index < -0.39 is 0 Å². The quantitative estimate of drug-likeness (QED) is 0.591. The van der Waals surface area contributed by atoms with Gasteiger partial charge >= 0.3 is 12.0 Å². The Bertz CT molecular complexity index is 1170. The fraction of sp³-hybridized carbons (Fsp3) is 0.261. The first-order chi connectivity index (χ1) is 14.4. The van der Waals surface area contributed by atoms with Crippen LogP contribution in [0.25, 0.3) is 11.1 Å². The molecule has 1 atom stereocenters. The Labute approximate surface area is 179 Å². The van der Waals surface area contributed by atoms with Crippen LogP contribution in [0.3, 0.4) is 0 Å². The van der Waals surface area contributed by atoms with Gasteiger partial charge < -0.3 is 4.42 Å². The SMILES string of the molecule is CC1(C)CC(=O)C2=C(C1)NC(Nc1nc3ccccc3o1)=[NH+][C@H]2c1ccc(Cl)cc1. The summed E-state index contributed by atoms with van der Waals surface area (Å²) in [6.07, 6.45) is 1.30. The van der Waals surface area contributed by atoms with E-state index in [9.17, 15) is 4.79 Å². The molecule has 0 fully saturated rings. The molecule has 1 aliphatic heterocycles. The summed E-state index contributed by atoms with van der Waals surface area (Å²) >= 11 is 6.08. The Hall–Kier alpha value is -3.12. The number of aromatic nitrogens is 1. The van der Waals surface area contributed by atoms with Crippen LogP contribution >= 0.6 is 11.6 Å². The van der Waals surface area contributed by atoms with E-state index in [0.29, 0.717) is 29.0 Å². The number of anilines is 1. The van der Waals surface area contributed by atoms with Crippen molar-refractivity contribution in [2.75, 3.05) is 5.32 Å². The van der Waals surface area contributed by atoms with Crippen molar-refractivity contribution >= 4 is 40.5 Å². The molecule has 7 heteroatoms. The van der Waals surface area contributed by atoms with Gasteiger partial charge in [-0.2, -0.15) is 10.3 Å². The van der Waals surface area contributed by atoms with Crippen molar-refractivity contribution in [3.8, 4) is 0 Å². The standard InChI is InChI=1S/C23H21ClN4O2/c1-23(2)11-16-19(17(29)12-23)20(13-7-9-14(24)10-8-13)27-21(25-16)28-22-26-15-5-3-4-6-18(15)30-22/h3-10,20H,11-12H2,1-2H3,(H2,25,26,27,28)/p+1/t20-/m0/s1. The lowest BCUT2D eigenvalue weighted by molar-refractivity contribution is -0.502. The van der Waals surface area contributed by atoms with E-state index in [0.717, 1.165) is 28.8 Å². The predicted molar refractivity (Wildman–Crippen MR) is 116 cm³/mol. The number of guanidine groups is 1. The van der Waals surface area contributed by atoms with Gasteiger partial charge in [0.15, 0.2) is 11.4 Å². The molecular formula is C23H22ClN4O2+. The van der Waals surface area contributed by atoms with Gasteiger partial charge in [-0.1, -0.05) is 49.7 Å². The molecule has 3 N–H and O–H groups in total. The van der Waals surface area contributed by atoms with Crippen molar-refractivity contribution in [3.05, 3.63) is 70.4 Å². The number of para-hydroxylation sites is 2. The molecule has 1 aliphatic carbocycles. The van der Waals surface area contributed by atoms with Crippen LogP contribution in [0.4, 0.5) is 6.01 Å². The molecule has 6 nitrogen and oxygen atoms in total. The number of halogens is 1. The molecule has 2 aliphatic rings. The second kappa shape index (κ2) is 6.99. The van der Waals surface area contributed by atoms with E-state index in [1.165, 1.54) is 0 Å². The molecule has 0 saturated carbocycles. The normalized spacial score (nSPS) is 20.6. The van der Waals surface area contributed by atoms with Gasteiger partial charge in [0.1, 0.15) is 11.6 Å². The van der Waals surface area contributed by atoms with Gasteiger partial charge in [0.25, 0.3) is 0 Å². The number of carbonyl (C=O) groups is 1. The molecule has 0 amide bonds. The Morgan fingerprint density at radius 1 is 1.17 bits per heavy atom. The van der Waals surface area contributed by atoms with Crippen LogP contribution in [0.15, 0.2) is 64.2 Å². The van der Waals surface area contributed by atoms with Crippen LogP contribution in [0.1, 0.15) is 38.3 Å². The third-order valence-electron chi connectivity index (χ3n) is 5.50.